The molecule has 7 heteroatoms. The summed E-state index contributed by atoms with van der Waals surface area (Å²) < 4.78 is 0. The van der Waals surface area contributed by atoms with Gasteiger partial charge < -0.3 is 15.5 Å². The van der Waals surface area contributed by atoms with Crippen LogP contribution < -0.4 is 10.6 Å². The maximum Gasteiger partial charge on any atom is 0.322 e. The van der Waals surface area contributed by atoms with Crippen molar-refractivity contribution >= 4 is 29.0 Å². The Bertz CT molecular complexity index is 986. The molecule has 3 heterocycles. The minimum Gasteiger partial charge on any atom is -0.352 e. The number of carbonyl (C=O) groups is 2. The fourth-order valence-corrected chi connectivity index (χ4v) is 4.02. The van der Waals surface area contributed by atoms with E-state index in [2.05, 4.69) is 21.7 Å². The van der Waals surface area contributed by atoms with Gasteiger partial charge in [-0.25, -0.2) is 4.79 Å². The van der Waals surface area contributed by atoms with E-state index in [0.717, 1.165) is 18.4 Å². The molecule has 4 rings (SSSR count). The summed E-state index contributed by atoms with van der Waals surface area (Å²) in [5.74, 6) is -0.110. The van der Waals surface area contributed by atoms with Gasteiger partial charge in [0.1, 0.15) is 0 Å². The van der Waals surface area contributed by atoms with Crippen molar-refractivity contribution in [3.8, 4) is 0 Å². The number of carbonyl (C=O) groups excluding carboxylic acids is 2. The fraction of sp³-hybridized carbons (Fsp3) is 0.227. The van der Waals surface area contributed by atoms with E-state index >= 15 is 0 Å². The van der Waals surface area contributed by atoms with E-state index in [0.29, 0.717) is 30.9 Å². The second-order valence-electron chi connectivity index (χ2n) is 6.91. The first-order valence-corrected chi connectivity index (χ1v) is 10.5. The molecule has 29 heavy (non-hydrogen) atoms. The van der Waals surface area contributed by atoms with Crippen LogP contribution in [0, 0.1) is 0 Å². The predicted molar refractivity (Wildman–Crippen MR) is 114 cm³/mol. The van der Waals surface area contributed by atoms with Crippen molar-refractivity contribution < 1.29 is 9.59 Å². The van der Waals surface area contributed by atoms with Gasteiger partial charge in [-0.15, -0.1) is 11.3 Å². The van der Waals surface area contributed by atoms with Crippen LogP contribution in [0.2, 0.25) is 0 Å². The molecule has 3 amide bonds. The van der Waals surface area contributed by atoms with Crippen molar-refractivity contribution in [2.75, 3.05) is 18.4 Å². The maximum atomic E-state index is 12.6. The molecule has 0 saturated carbocycles. The molecule has 3 aromatic rings. The Balaban J connectivity index is 1.29. The first-order valence-electron chi connectivity index (χ1n) is 9.57. The Labute approximate surface area is 173 Å². The average Bonchev–Trinajstić information content (AvgIpc) is 3.27. The number of rotatable bonds is 5. The van der Waals surface area contributed by atoms with E-state index in [1.165, 1.54) is 10.4 Å². The lowest BCUT2D eigenvalue weighted by Crippen LogP contribution is -2.38. The SMILES string of the molecule is O=C(NCCc1cccs1)c1ccc(NC(=O)N2CCc3cnccc3C2)cc1. The fourth-order valence-electron chi connectivity index (χ4n) is 3.31. The third-order valence-corrected chi connectivity index (χ3v) is 5.88. The molecule has 0 spiro atoms. The van der Waals surface area contributed by atoms with Gasteiger partial charge in [-0.2, -0.15) is 0 Å². The summed E-state index contributed by atoms with van der Waals surface area (Å²) >= 11 is 1.69. The largest absolute Gasteiger partial charge is 0.352 e. The first kappa shape index (κ1) is 19.1. The molecular formula is C22H22N4O2S. The lowest BCUT2D eigenvalue weighted by Gasteiger charge is -2.28. The predicted octanol–water partition coefficient (Wildman–Crippen LogP) is 3.71. The van der Waals surface area contributed by atoms with Crippen LogP contribution in [-0.4, -0.2) is 34.9 Å². The number of hydrogen-bond acceptors (Lipinski definition) is 4. The summed E-state index contributed by atoms with van der Waals surface area (Å²) in [5, 5.41) is 7.87. The van der Waals surface area contributed by atoms with Crippen molar-refractivity contribution in [2.24, 2.45) is 0 Å². The van der Waals surface area contributed by atoms with Crippen LogP contribution in [0.3, 0.4) is 0 Å². The second kappa shape index (κ2) is 8.87. The zero-order valence-electron chi connectivity index (χ0n) is 15.9. The minimum absolute atomic E-state index is 0.110. The van der Waals surface area contributed by atoms with E-state index in [4.69, 9.17) is 0 Å². The number of pyridine rings is 1. The average molecular weight is 407 g/mol. The van der Waals surface area contributed by atoms with E-state index in [1.807, 2.05) is 23.7 Å². The number of hydrogen-bond donors (Lipinski definition) is 2. The molecule has 0 aliphatic carbocycles. The molecule has 0 radical (unpaired) electrons. The van der Waals surface area contributed by atoms with Crippen LogP contribution in [0.4, 0.5) is 10.5 Å². The number of anilines is 1. The van der Waals surface area contributed by atoms with Crippen LogP contribution >= 0.6 is 11.3 Å². The number of aromatic nitrogens is 1. The number of urea groups is 1. The quantitative estimate of drug-likeness (QED) is 0.678. The molecule has 2 N–H and O–H groups in total. The Kier molecular flexibility index (Phi) is 5.86. The molecule has 1 aliphatic heterocycles. The lowest BCUT2D eigenvalue weighted by molar-refractivity contribution is 0.0954. The smallest absolute Gasteiger partial charge is 0.322 e. The Morgan fingerprint density at radius 3 is 2.76 bits per heavy atom. The Morgan fingerprint density at radius 2 is 1.97 bits per heavy atom. The normalized spacial score (nSPS) is 12.9. The molecule has 0 atom stereocenters. The van der Waals surface area contributed by atoms with Gasteiger partial charge in [0.25, 0.3) is 5.91 Å². The summed E-state index contributed by atoms with van der Waals surface area (Å²) in [7, 11) is 0. The molecule has 0 saturated heterocycles. The number of benzene rings is 1. The van der Waals surface area contributed by atoms with E-state index in [-0.39, 0.29) is 11.9 Å². The standard InChI is InChI=1S/C22H22N4O2S/c27-21(24-11-8-20-2-1-13-29-20)16-3-5-19(6-4-16)25-22(28)26-12-9-17-14-23-10-7-18(17)15-26/h1-7,10,13-14H,8-9,11-12,15H2,(H,24,27)(H,25,28). The number of amides is 3. The van der Waals surface area contributed by atoms with E-state index in [1.54, 1.807) is 46.7 Å². The molecule has 6 nitrogen and oxygen atoms in total. The van der Waals surface area contributed by atoms with Crippen molar-refractivity contribution in [1.29, 1.82) is 0 Å². The highest BCUT2D eigenvalue weighted by molar-refractivity contribution is 7.09. The van der Waals surface area contributed by atoms with Gasteiger partial charge in [0.2, 0.25) is 0 Å². The minimum atomic E-state index is -0.138. The topological polar surface area (TPSA) is 74.3 Å². The molecule has 0 unspecified atom stereocenters. The van der Waals surface area contributed by atoms with Gasteiger partial charge in [-0.1, -0.05) is 6.07 Å². The highest BCUT2D eigenvalue weighted by Gasteiger charge is 2.20. The van der Waals surface area contributed by atoms with Crippen molar-refractivity contribution in [3.63, 3.8) is 0 Å². The summed E-state index contributed by atoms with van der Waals surface area (Å²) in [6, 6.07) is 12.9. The zero-order chi connectivity index (χ0) is 20.1. The summed E-state index contributed by atoms with van der Waals surface area (Å²) in [6.07, 6.45) is 5.26. The molecule has 148 valence electrons. The van der Waals surface area contributed by atoms with Crippen LogP contribution in [0.25, 0.3) is 0 Å². The second-order valence-corrected chi connectivity index (χ2v) is 7.94. The van der Waals surface area contributed by atoms with Gasteiger partial charge in [-0.3, -0.25) is 9.78 Å². The van der Waals surface area contributed by atoms with Crippen molar-refractivity contribution in [3.05, 3.63) is 81.8 Å². The van der Waals surface area contributed by atoms with Crippen molar-refractivity contribution in [2.45, 2.75) is 19.4 Å². The monoisotopic (exact) mass is 406 g/mol. The summed E-state index contributed by atoms with van der Waals surface area (Å²) in [6.45, 7) is 1.84. The lowest BCUT2D eigenvalue weighted by atomic mass is 10.0. The third-order valence-electron chi connectivity index (χ3n) is 4.94. The van der Waals surface area contributed by atoms with Crippen LogP contribution in [-0.2, 0) is 19.4 Å². The van der Waals surface area contributed by atoms with Crippen LogP contribution in [0.15, 0.2) is 60.2 Å². The molecule has 0 bridgehead atoms. The Hall–Kier alpha value is -3.19. The maximum absolute atomic E-state index is 12.6. The molecule has 0 fully saturated rings. The van der Waals surface area contributed by atoms with Gasteiger partial charge in [0.15, 0.2) is 0 Å². The van der Waals surface area contributed by atoms with Crippen LogP contribution in [0.5, 0.6) is 0 Å². The van der Waals surface area contributed by atoms with Gasteiger partial charge >= 0.3 is 6.03 Å². The molecule has 2 aromatic heterocycles. The van der Waals surface area contributed by atoms with E-state index in [9.17, 15) is 9.59 Å². The van der Waals surface area contributed by atoms with Crippen LogP contribution in [0.1, 0.15) is 26.4 Å². The number of nitrogens with zero attached hydrogens (tertiary/aromatic N) is 2. The van der Waals surface area contributed by atoms with Crippen molar-refractivity contribution in [1.82, 2.24) is 15.2 Å². The number of fused-ring (bicyclic) bond motifs is 1. The number of nitrogens with one attached hydrogen (secondary N) is 2. The highest BCUT2D eigenvalue weighted by Crippen LogP contribution is 2.19. The zero-order valence-corrected chi connectivity index (χ0v) is 16.7. The first-order chi connectivity index (χ1) is 14.2. The third kappa shape index (κ3) is 4.81. The summed E-state index contributed by atoms with van der Waals surface area (Å²) in [5.41, 5.74) is 3.58. The molecule has 1 aliphatic rings. The Morgan fingerprint density at radius 1 is 1.10 bits per heavy atom. The van der Waals surface area contributed by atoms with Gasteiger partial charge in [0, 0.05) is 48.2 Å². The number of thiophene rings is 1. The highest BCUT2D eigenvalue weighted by atomic mass is 32.1. The van der Waals surface area contributed by atoms with Gasteiger partial charge in [-0.05, 0) is 65.7 Å². The summed E-state index contributed by atoms with van der Waals surface area (Å²) in [4.78, 5) is 32.0. The van der Waals surface area contributed by atoms with E-state index < -0.39 is 0 Å². The molecule has 1 aromatic carbocycles. The van der Waals surface area contributed by atoms with Gasteiger partial charge in [0.05, 0.1) is 0 Å². The molecular weight excluding hydrogens is 384 g/mol.